The summed E-state index contributed by atoms with van der Waals surface area (Å²) in [6.07, 6.45) is 1.34. The van der Waals surface area contributed by atoms with Gasteiger partial charge in [-0.2, -0.15) is 0 Å². The summed E-state index contributed by atoms with van der Waals surface area (Å²) in [5.74, 6) is -1.30. The lowest BCUT2D eigenvalue weighted by Crippen LogP contribution is -2.41. The van der Waals surface area contributed by atoms with E-state index in [2.05, 4.69) is 0 Å². The van der Waals surface area contributed by atoms with Crippen molar-refractivity contribution in [2.24, 2.45) is 0 Å². The zero-order chi connectivity index (χ0) is 18.4. The molecule has 6 heteroatoms. The highest BCUT2D eigenvalue weighted by molar-refractivity contribution is 5.87. The van der Waals surface area contributed by atoms with E-state index in [-0.39, 0.29) is 30.7 Å². The van der Waals surface area contributed by atoms with E-state index in [1.54, 1.807) is 4.90 Å². The highest BCUT2D eigenvalue weighted by Crippen LogP contribution is 2.19. The molecule has 0 bridgehead atoms. The molecule has 1 aromatic carbocycles. The SMILES string of the molecule is CC(C)N(Cc1ccccc1)C(=O)CCC(=O)N1CCC[C@H]1C(=O)O. The fraction of sp³-hybridized carbons (Fsp3) is 0.526. The molecule has 1 aliphatic heterocycles. The van der Waals surface area contributed by atoms with Gasteiger partial charge in [-0.15, -0.1) is 0 Å². The zero-order valence-corrected chi connectivity index (χ0v) is 14.9. The normalized spacial score (nSPS) is 16.9. The predicted molar refractivity (Wildman–Crippen MR) is 93.7 cm³/mol. The maximum absolute atomic E-state index is 12.6. The molecule has 2 rings (SSSR count). The highest BCUT2D eigenvalue weighted by atomic mass is 16.4. The first kappa shape index (κ1) is 19.0. The zero-order valence-electron chi connectivity index (χ0n) is 14.9. The van der Waals surface area contributed by atoms with Crippen LogP contribution in [0.1, 0.15) is 45.1 Å². The third kappa shape index (κ3) is 5.05. The number of hydrogen-bond donors (Lipinski definition) is 1. The van der Waals surface area contributed by atoms with Crippen LogP contribution in [0.2, 0.25) is 0 Å². The molecule has 0 saturated carbocycles. The van der Waals surface area contributed by atoms with Crippen LogP contribution >= 0.6 is 0 Å². The Balaban J connectivity index is 1.92. The summed E-state index contributed by atoms with van der Waals surface area (Å²) >= 11 is 0. The average Bonchev–Trinajstić information content (AvgIpc) is 3.08. The summed E-state index contributed by atoms with van der Waals surface area (Å²) in [5.41, 5.74) is 1.04. The van der Waals surface area contributed by atoms with E-state index in [9.17, 15) is 14.4 Å². The van der Waals surface area contributed by atoms with Crippen molar-refractivity contribution in [3.05, 3.63) is 35.9 Å². The molecule has 0 aliphatic carbocycles. The van der Waals surface area contributed by atoms with Crippen LogP contribution in [-0.4, -0.2) is 51.3 Å². The van der Waals surface area contributed by atoms with Gasteiger partial charge in [0.2, 0.25) is 11.8 Å². The van der Waals surface area contributed by atoms with Gasteiger partial charge < -0.3 is 14.9 Å². The van der Waals surface area contributed by atoms with Gasteiger partial charge >= 0.3 is 5.97 Å². The van der Waals surface area contributed by atoms with Crippen molar-refractivity contribution < 1.29 is 19.5 Å². The van der Waals surface area contributed by atoms with Gasteiger partial charge in [0, 0.05) is 32.0 Å². The first-order chi connectivity index (χ1) is 11.9. The molecule has 2 amide bonds. The quantitative estimate of drug-likeness (QED) is 0.821. The van der Waals surface area contributed by atoms with Crippen LogP contribution in [0.5, 0.6) is 0 Å². The molecule has 1 fully saturated rings. The minimum absolute atomic E-state index is 0.0290. The molecule has 0 spiro atoms. The van der Waals surface area contributed by atoms with Crippen molar-refractivity contribution in [2.75, 3.05) is 6.54 Å². The summed E-state index contributed by atoms with van der Waals surface area (Å²) in [6, 6.07) is 9.01. The van der Waals surface area contributed by atoms with E-state index in [0.717, 1.165) is 5.56 Å². The molecule has 1 heterocycles. The molecule has 25 heavy (non-hydrogen) atoms. The van der Waals surface area contributed by atoms with Crippen LogP contribution in [0.15, 0.2) is 30.3 Å². The van der Waals surface area contributed by atoms with E-state index in [1.165, 1.54) is 4.90 Å². The van der Waals surface area contributed by atoms with Crippen LogP contribution < -0.4 is 0 Å². The topological polar surface area (TPSA) is 77.9 Å². The third-order valence-corrected chi connectivity index (χ3v) is 4.55. The van der Waals surface area contributed by atoms with Crippen molar-refractivity contribution in [3.63, 3.8) is 0 Å². The van der Waals surface area contributed by atoms with Crippen LogP contribution in [0.3, 0.4) is 0 Å². The molecule has 1 N–H and O–H groups in total. The van der Waals surface area contributed by atoms with Gasteiger partial charge in [0.05, 0.1) is 0 Å². The number of benzene rings is 1. The predicted octanol–water partition coefficient (Wildman–Crippen LogP) is 2.28. The van der Waals surface area contributed by atoms with Gasteiger partial charge in [-0.25, -0.2) is 4.79 Å². The second kappa shape index (κ2) is 8.65. The Morgan fingerprint density at radius 3 is 2.48 bits per heavy atom. The first-order valence-electron chi connectivity index (χ1n) is 8.76. The molecule has 0 unspecified atom stereocenters. The van der Waals surface area contributed by atoms with Crippen LogP contribution in [-0.2, 0) is 20.9 Å². The van der Waals surface area contributed by atoms with Gasteiger partial charge in [-0.05, 0) is 32.3 Å². The number of likely N-dealkylation sites (tertiary alicyclic amines) is 1. The van der Waals surface area contributed by atoms with Crippen LogP contribution in [0.25, 0.3) is 0 Å². The Kier molecular flexibility index (Phi) is 6.56. The summed E-state index contributed by atoms with van der Waals surface area (Å²) in [4.78, 5) is 39.2. The number of carboxylic acid groups (broad SMARTS) is 1. The molecule has 136 valence electrons. The number of hydrogen-bond acceptors (Lipinski definition) is 3. The van der Waals surface area contributed by atoms with Crippen LogP contribution in [0.4, 0.5) is 0 Å². The minimum Gasteiger partial charge on any atom is -0.480 e. The van der Waals surface area contributed by atoms with Crippen LogP contribution in [0, 0.1) is 0 Å². The van der Waals surface area contributed by atoms with Gasteiger partial charge in [-0.1, -0.05) is 30.3 Å². The third-order valence-electron chi connectivity index (χ3n) is 4.55. The molecule has 1 aromatic rings. The Labute approximate surface area is 148 Å². The van der Waals surface area contributed by atoms with Gasteiger partial charge in [-0.3, -0.25) is 9.59 Å². The molecule has 1 atom stereocenters. The fourth-order valence-electron chi connectivity index (χ4n) is 3.16. The van der Waals surface area contributed by atoms with E-state index < -0.39 is 12.0 Å². The lowest BCUT2D eigenvalue weighted by atomic mass is 10.1. The lowest BCUT2D eigenvalue weighted by molar-refractivity contribution is -0.148. The van der Waals surface area contributed by atoms with Crippen molar-refractivity contribution in [2.45, 2.75) is 58.2 Å². The van der Waals surface area contributed by atoms with E-state index in [4.69, 9.17) is 5.11 Å². The maximum atomic E-state index is 12.6. The second-order valence-corrected chi connectivity index (χ2v) is 6.68. The number of rotatable bonds is 7. The standard InChI is InChI=1S/C19H26N2O4/c1-14(2)21(13-15-7-4-3-5-8-15)18(23)11-10-17(22)20-12-6-9-16(20)19(24)25/h3-5,7-8,14,16H,6,9-13H2,1-2H3,(H,24,25)/t16-/m0/s1. The molecule has 1 aliphatic rings. The number of carbonyl (C=O) groups excluding carboxylic acids is 2. The molecular formula is C19H26N2O4. The Hall–Kier alpha value is -2.37. The monoisotopic (exact) mass is 346 g/mol. The minimum atomic E-state index is -0.968. The van der Waals surface area contributed by atoms with Crippen molar-refractivity contribution in [3.8, 4) is 0 Å². The van der Waals surface area contributed by atoms with Crippen molar-refractivity contribution in [1.29, 1.82) is 0 Å². The number of nitrogens with zero attached hydrogens (tertiary/aromatic N) is 2. The van der Waals surface area contributed by atoms with Gasteiger partial charge in [0.15, 0.2) is 0 Å². The lowest BCUT2D eigenvalue weighted by Gasteiger charge is -2.27. The molecule has 1 saturated heterocycles. The molecule has 0 aromatic heterocycles. The smallest absolute Gasteiger partial charge is 0.326 e. The fourth-order valence-corrected chi connectivity index (χ4v) is 3.16. The van der Waals surface area contributed by atoms with Gasteiger partial charge in [0.1, 0.15) is 6.04 Å². The second-order valence-electron chi connectivity index (χ2n) is 6.68. The Morgan fingerprint density at radius 2 is 1.88 bits per heavy atom. The number of carboxylic acids is 1. The van der Waals surface area contributed by atoms with E-state index in [1.807, 2.05) is 44.2 Å². The van der Waals surface area contributed by atoms with E-state index in [0.29, 0.717) is 25.9 Å². The number of aliphatic carboxylic acids is 1. The summed E-state index contributed by atoms with van der Waals surface area (Å²) in [5, 5.41) is 9.17. The molecule has 0 radical (unpaired) electrons. The summed E-state index contributed by atoms with van der Waals surface area (Å²) in [7, 11) is 0. The largest absolute Gasteiger partial charge is 0.480 e. The maximum Gasteiger partial charge on any atom is 0.326 e. The number of carbonyl (C=O) groups is 3. The van der Waals surface area contributed by atoms with Crippen molar-refractivity contribution in [1.82, 2.24) is 9.80 Å². The van der Waals surface area contributed by atoms with E-state index >= 15 is 0 Å². The highest BCUT2D eigenvalue weighted by Gasteiger charge is 2.34. The summed E-state index contributed by atoms with van der Waals surface area (Å²) in [6.45, 7) is 4.86. The molecular weight excluding hydrogens is 320 g/mol. The van der Waals surface area contributed by atoms with Crippen molar-refractivity contribution >= 4 is 17.8 Å². The average molecular weight is 346 g/mol. The Bertz CT molecular complexity index is 615. The molecule has 6 nitrogen and oxygen atoms in total. The number of amides is 2. The first-order valence-corrected chi connectivity index (χ1v) is 8.76. The van der Waals surface area contributed by atoms with Gasteiger partial charge in [0.25, 0.3) is 0 Å². The summed E-state index contributed by atoms with van der Waals surface area (Å²) < 4.78 is 0. The Morgan fingerprint density at radius 1 is 1.20 bits per heavy atom.